The van der Waals surface area contributed by atoms with Crippen molar-refractivity contribution in [1.82, 2.24) is 4.98 Å². The third-order valence-electron chi connectivity index (χ3n) is 5.10. The smallest absolute Gasteiger partial charge is 0.415 e. The number of carbonyl (C=O) groups is 2. The van der Waals surface area contributed by atoms with E-state index in [2.05, 4.69) is 11.1 Å². The average Bonchev–Trinajstić information content (AvgIpc) is 3.16. The van der Waals surface area contributed by atoms with Gasteiger partial charge in [0.2, 0.25) is 0 Å². The molecule has 180 valence electrons. The maximum absolute atomic E-state index is 13.1. The van der Waals surface area contributed by atoms with E-state index in [0.29, 0.717) is 11.3 Å². The third-order valence-corrected chi connectivity index (χ3v) is 5.10. The lowest BCUT2D eigenvalue weighted by Gasteiger charge is -2.28. The number of carbonyl (C=O) groups excluding carboxylic acids is 1. The number of ether oxygens (including phenoxy) is 1. The van der Waals surface area contributed by atoms with Crippen LogP contribution in [0.1, 0.15) is 48.0 Å². The Morgan fingerprint density at radius 3 is 2.40 bits per heavy atom. The summed E-state index contributed by atoms with van der Waals surface area (Å²) in [4.78, 5) is 39.9. The lowest BCUT2D eigenvalue weighted by atomic mass is 10.0. The molecule has 0 spiro atoms. The topological polar surface area (TPSA) is 150 Å². The van der Waals surface area contributed by atoms with Gasteiger partial charge in [-0.05, 0) is 50.5 Å². The van der Waals surface area contributed by atoms with Gasteiger partial charge in [-0.25, -0.2) is 9.59 Å². The molecule has 0 unspecified atom stereocenters. The zero-order valence-electron chi connectivity index (χ0n) is 19.7. The van der Waals surface area contributed by atoms with E-state index >= 15 is 0 Å². The maximum Gasteiger partial charge on any atom is 0.415 e. The van der Waals surface area contributed by atoms with E-state index in [1.807, 2.05) is 6.92 Å². The van der Waals surface area contributed by atoms with Gasteiger partial charge in [0.05, 0.1) is 17.0 Å². The Hall–Kier alpha value is -4.65. The fraction of sp³-hybridized carbons (Fsp3) is 0.240. The second kappa shape index (κ2) is 9.69. The van der Waals surface area contributed by atoms with Gasteiger partial charge < -0.3 is 14.8 Å². The molecular formula is C25H24N4O6. The summed E-state index contributed by atoms with van der Waals surface area (Å²) in [5, 5.41) is 30.8. The van der Waals surface area contributed by atoms with E-state index < -0.39 is 33.8 Å². The molecule has 10 heteroatoms. The molecule has 1 amide bonds. The predicted octanol–water partition coefficient (Wildman–Crippen LogP) is 5.41. The van der Waals surface area contributed by atoms with Crippen LogP contribution >= 0.6 is 0 Å². The van der Waals surface area contributed by atoms with E-state index in [1.165, 1.54) is 12.1 Å². The molecule has 0 radical (unpaired) electrons. The van der Waals surface area contributed by atoms with Gasteiger partial charge in [0.1, 0.15) is 23.1 Å². The number of aryl methyl sites for hydroxylation is 1. The molecule has 0 fully saturated rings. The predicted molar refractivity (Wildman–Crippen MR) is 128 cm³/mol. The van der Waals surface area contributed by atoms with Crippen molar-refractivity contribution in [2.24, 2.45) is 0 Å². The lowest BCUT2D eigenvalue weighted by Crippen LogP contribution is -2.37. The Balaban J connectivity index is 2.09. The molecule has 0 saturated heterocycles. The Morgan fingerprint density at radius 2 is 1.86 bits per heavy atom. The van der Waals surface area contributed by atoms with Crippen LogP contribution in [0.2, 0.25) is 0 Å². The third kappa shape index (κ3) is 5.47. The van der Waals surface area contributed by atoms with Gasteiger partial charge in [0, 0.05) is 17.8 Å². The number of aromatic nitrogens is 1. The van der Waals surface area contributed by atoms with E-state index in [4.69, 9.17) is 4.74 Å². The Morgan fingerprint density at radius 1 is 1.20 bits per heavy atom. The number of aromatic carboxylic acids is 1. The number of hydrogen-bond acceptors (Lipinski definition) is 6. The van der Waals surface area contributed by atoms with Crippen LogP contribution in [0.3, 0.4) is 0 Å². The molecule has 1 heterocycles. The van der Waals surface area contributed by atoms with Crippen LogP contribution in [0.4, 0.5) is 16.2 Å². The molecule has 3 rings (SSSR count). The van der Waals surface area contributed by atoms with E-state index in [0.717, 1.165) is 27.7 Å². The number of amides is 1. The minimum absolute atomic E-state index is 0.183. The van der Waals surface area contributed by atoms with Gasteiger partial charge in [-0.15, -0.1) is 0 Å². The van der Waals surface area contributed by atoms with Crippen LogP contribution in [-0.2, 0) is 11.3 Å². The Labute approximate surface area is 201 Å². The fourth-order valence-corrected chi connectivity index (χ4v) is 3.63. The summed E-state index contributed by atoms with van der Waals surface area (Å²) in [6.45, 7) is 6.61. The van der Waals surface area contributed by atoms with Crippen LogP contribution in [0.5, 0.6) is 0 Å². The van der Waals surface area contributed by atoms with Crippen LogP contribution in [-0.4, -0.2) is 32.7 Å². The molecule has 10 nitrogen and oxygen atoms in total. The van der Waals surface area contributed by atoms with Crippen molar-refractivity contribution in [3.05, 3.63) is 81.2 Å². The zero-order chi connectivity index (χ0) is 25.9. The van der Waals surface area contributed by atoms with Crippen LogP contribution in [0.15, 0.2) is 48.7 Å². The summed E-state index contributed by atoms with van der Waals surface area (Å²) in [6.07, 6.45) is 0.806. The molecular weight excluding hydrogens is 452 g/mol. The van der Waals surface area contributed by atoms with Crippen molar-refractivity contribution < 1.29 is 24.4 Å². The van der Waals surface area contributed by atoms with Crippen LogP contribution in [0.25, 0.3) is 11.1 Å². The molecule has 0 aliphatic heterocycles. The van der Waals surface area contributed by atoms with Crippen molar-refractivity contribution in [2.45, 2.75) is 39.8 Å². The van der Waals surface area contributed by atoms with E-state index in [1.54, 1.807) is 51.2 Å². The van der Waals surface area contributed by atoms with Gasteiger partial charge in [-0.3, -0.25) is 15.0 Å². The molecule has 2 N–H and O–H groups in total. The minimum atomic E-state index is -1.42. The monoisotopic (exact) mass is 476 g/mol. The van der Waals surface area contributed by atoms with Crippen molar-refractivity contribution >= 4 is 23.4 Å². The van der Waals surface area contributed by atoms with E-state index in [-0.39, 0.29) is 12.2 Å². The number of nitro groups is 1. The Kier molecular flexibility index (Phi) is 6.91. The Bertz CT molecular complexity index is 1300. The number of H-pyrrole nitrogens is 1. The molecule has 0 atom stereocenters. The number of benzene rings is 2. The molecule has 2 aromatic carbocycles. The van der Waals surface area contributed by atoms with Crippen molar-refractivity contribution in [3.8, 4) is 17.2 Å². The highest BCUT2D eigenvalue weighted by Gasteiger charge is 2.33. The SMILES string of the molecule is Cc1c[nH]c(C#N)c1-c1ccc(CN(C(=O)OC(C)(C)C)c2c(C(=O)O)cccc2[N+](=O)[O-])cc1. The maximum atomic E-state index is 13.1. The molecule has 35 heavy (non-hydrogen) atoms. The molecule has 0 aliphatic rings. The highest BCUT2D eigenvalue weighted by atomic mass is 16.6. The number of para-hydroxylation sites is 1. The van der Waals surface area contributed by atoms with Crippen molar-refractivity contribution in [1.29, 1.82) is 5.26 Å². The second-order valence-electron chi connectivity index (χ2n) is 8.83. The molecule has 0 aliphatic carbocycles. The summed E-state index contributed by atoms with van der Waals surface area (Å²) >= 11 is 0. The normalized spacial score (nSPS) is 10.9. The van der Waals surface area contributed by atoms with Gasteiger partial charge in [-0.2, -0.15) is 5.26 Å². The van der Waals surface area contributed by atoms with Crippen molar-refractivity contribution in [2.75, 3.05) is 4.90 Å². The highest BCUT2D eigenvalue weighted by Crippen LogP contribution is 2.35. The van der Waals surface area contributed by atoms with Gasteiger partial charge >= 0.3 is 12.1 Å². The van der Waals surface area contributed by atoms with Gasteiger partial charge in [0.25, 0.3) is 5.69 Å². The van der Waals surface area contributed by atoms with Gasteiger partial charge in [0.15, 0.2) is 0 Å². The first-order valence-electron chi connectivity index (χ1n) is 10.6. The first-order chi connectivity index (χ1) is 16.4. The first kappa shape index (κ1) is 25.0. The standard InChI is InChI=1S/C25H24N4O6/c1-15-13-27-19(12-26)21(15)17-10-8-16(9-11-17)14-28(24(32)35-25(2,3)4)22-18(23(30)31)6-5-7-20(22)29(33)34/h5-11,13,27H,14H2,1-4H3,(H,30,31). The molecule has 0 bridgehead atoms. The largest absolute Gasteiger partial charge is 0.478 e. The molecule has 1 aromatic heterocycles. The quantitative estimate of drug-likeness (QED) is 0.357. The number of carboxylic acids is 1. The number of nitrogens with zero attached hydrogens (tertiary/aromatic N) is 3. The van der Waals surface area contributed by atoms with Gasteiger partial charge in [-0.1, -0.05) is 30.3 Å². The molecule has 0 saturated carbocycles. The van der Waals surface area contributed by atoms with Crippen molar-refractivity contribution in [3.63, 3.8) is 0 Å². The number of hydrogen-bond donors (Lipinski definition) is 2. The summed E-state index contributed by atoms with van der Waals surface area (Å²) in [7, 11) is 0. The minimum Gasteiger partial charge on any atom is -0.478 e. The number of nitrogens with one attached hydrogen (secondary N) is 1. The van der Waals surface area contributed by atoms with E-state index in [9.17, 15) is 30.1 Å². The first-order valence-corrected chi connectivity index (χ1v) is 10.6. The number of nitro benzene ring substituents is 1. The summed E-state index contributed by atoms with van der Waals surface area (Å²) in [5.74, 6) is -1.42. The summed E-state index contributed by atoms with van der Waals surface area (Å²) < 4.78 is 5.46. The zero-order valence-corrected chi connectivity index (χ0v) is 19.7. The summed E-state index contributed by atoms with van der Waals surface area (Å²) in [5.41, 5.74) is 1.16. The summed E-state index contributed by atoms with van der Waals surface area (Å²) in [6, 6.07) is 12.6. The van der Waals surface area contributed by atoms with Crippen LogP contribution in [0, 0.1) is 28.4 Å². The number of rotatable bonds is 6. The number of anilines is 1. The lowest BCUT2D eigenvalue weighted by molar-refractivity contribution is -0.384. The number of aromatic amines is 1. The second-order valence-corrected chi connectivity index (χ2v) is 8.83. The number of nitriles is 1. The fourth-order valence-electron chi connectivity index (χ4n) is 3.63. The van der Waals surface area contributed by atoms with Crippen LogP contribution < -0.4 is 4.90 Å². The average molecular weight is 476 g/mol. The highest BCUT2D eigenvalue weighted by molar-refractivity contribution is 6.03. The molecule has 3 aromatic rings. The number of carboxylic acid groups (broad SMARTS) is 1.